The molecule has 0 amide bonds. The number of halogens is 1. The molecule has 1 rings (SSSR count). The highest BCUT2D eigenvalue weighted by atomic mass is 79.9. The lowest BCUT2D eigenvalue weighted by molar-refractivity contribution is 0.109. The van der Waals surface area contributed by atoms with Crippen LogP contribution in [0.25, 0.3) is 0 Å². The lowest BCUT2D eigenvalue weighted by atomic mass is 9.95. The van der Waals surface area contributed by atoms with Crippen molar-refractivity contribution in [1.29, 1.82) is 0 Å². The Hall–Kier alpha value is -0.420. The summed E-state index contributed by atoms with van der Waals surface area (Å²) in [5, 5.41) is 0. The number of benzene rings is 1. The average molecular weight is 356 g/mol. The second-order valence-corrected chi connectivity index (χ2v) is 6.93. The molecule has 0 radical (unpaired) electrons. The Bertz CT molecular complexity index is 405. The van der Waals surface area contributed by atoms with E-state index in [9.17, 15) is 0 Å². The summed E-state index contributed by atoms with van der Waals surface area (Å²) in [6.45, 7) is 8.72. The fraction of sp³-hybridized carbons (Fsp3) is 0.647. The summed E-state index contributed by atoms with van der Waals surface area (Å²) in [5.74, 6) is 0. The second-order valence-electron chi connectivity index (χ2n) is 6.01. The van der Waals surface area contributed by atoms with E-state index < -0.39 is 0 Å². The van der Waals surface area contributed by atoms with Crippen molar-refractivity contribution in [2.24, 2.45) is 5.73 Å². The van der Waals surface area contributed by atoms with Crippen LogP contribution in [-0.4, -0.2) is 49.1 Å². The van der Waals surface area contributed by atoms with E-state index in [2.05, 4.69) is 84.9 Å². The van der Waals surface area contributed by atoms with E-state index in [0.29, 0.717) is 6.04 Å². The minimum absolute atomic E-state index is 0.149. The van der Waals surface area contributed by atoms with Crippen LogP contribution in [0.1, 0.15) is 38.8 Å². The van der Waals surface area contributed by atoms with Gasteiger partial charge in [-0.15, -0.1) is 0 Å². The Labute approximate surface area is 138 Å². The summed E-state index contributed by atoms with van der Waals surface area (Å²) in [6.07, 6.45) is 0.978. The Kier molecular flexibility index (Phi) is 7.88. The third kappa shape index (κ3) is 5.37. The maximum absolute atomic E-state index is 6.47. The van der Waals surface area contributed by atoms with Crippen molar-refractivity contribution in [3.05, 3.63) is 34.3 Å². The molecule has 0 spiro atoms. The van der Waals surface area contributed by atoms with Gasteiger partial charge >= 0.3 is 0 Å². The zero-order valence-electron chi connectivity index (χ0n) is 14.0. The number of nitrogens with two attached hydrogens (primary N) is 1. The van der Waals surface area contributed by atoms with Crippen LogP contribution in [0.15, 0.2) is 28.7 Å². The molecule has 1 aromatic carbocycles. The van der Waals surface area contributed by atoms with Gasteiger partial charge in [-0.2, -0.15) is 0 Å². The molecule has 3 unspecified atom stereocenters. The van der Waals surface area contributed by atoms with E-state index in [0.717, 1.165) is 24.0 Å². The topological polar surface area (TPSA) is 32.5 Å². The molecule has 0 fully saturated rings. The molecule has 120 valence electrons. The number of nitrogens with zero attached hydrogens (tertiary/aromatic N) is 2. The molecule has 0 saturated carbocycles. The van der Waals surface area contributed by atoms with Crippen LogP contribution in [0.3, 0.4) is 0 Å². The lowest BCUT2D eigenvalue weighted by Crippen LogP contribution is -2.48. The number of likely N-dealkylation sites (N-methyl/N-ethyl adjacent to an activating group) is 2. The first kappa shape index (κ1) is 18.6. The fourth-order valence-corrected chi connectivity index (χ4v) is 3.25. The standard InChI is InChI=1S/C17H30BrN3/c1-6-16(19)17(14-8-10-15(18)11-9-14)21(7-2)13(3)12-20(4)5/h8-11,13,16-17H,6-7,12,19H2,1-5H3. The van der Waals surface area contributed by atoms with E-state index in [1.165, 1.54) is 5.56 Å². The molecule has 2 N–H and O–H groups in total. The van der Waals surface area contributed by atoms with Crippen LogP contribution < -0.4 is 5.73 Å². The summed E-state index contributed by atoms with van der Waals surface area (Å²) in [4.78, 5) is 4.76. The second kappa shape index (κ2) is 8.89. The summed E-state index contributed by atoms with van der Waals surface area (Å²) >= 11 is 3.51. The van der Waals surface area contributed by atoms with Gasteiger partial charge in [0.05, 0.1) is 6.04 Å². The van der Waals surface area contributed by atoms with Gasteiger partial charge in [-0.3, -0.25) is 4.90 Å². The monoisotopic (exact) mass is 355 g/mol. The van der Waals surface area contributed by atoms with E-state index in [4.69, 9.17) is 5.73 Å². The van der Waals surface area contributed by atoms with Gasteiger partial charge in [-0.05, 0) is 51.7 Å². The van der Waals surface area contributed by atoms with Crippen molar-refractivity contribution in [1.82, 2.24) is 9.80 Å². The highest BCUT2D eigenvalue weighted by Crippen LogP contribution is 2.28. The largest absolute Gasteiger partial charge is 0.326 e. The first-order chi connectivity index (χ1) is 9.90. The van der Waals surface area contributed by atoms with Crippen molar-refractivity contribution in [2.45, 2.75) is 45.3 Å². The Morgan fingerprint density at radius 2 is 1.71 bits per heavy atom. The van der Waals surface area contributed by atoms with Crippen molar-refractivity contribution in [3.63, 3.8) is 0 Å². The van der Waals surface area contributed by atoms with Crippen molar-refractivity contribution in [3.8, 4) is 0 Å². The molecule has 3 nitrogen and oxygen atoms in total. The molecule has 1 aromatic rings. The molecule has 0 bridgehead atoms. The first-order valence-electron chi connectivity index (χ1n) is 7.82. The van der Waals surface area contributed by atoms with Gasteiger partial charge in [0.25, 0.3) is 0 Å². The first-order valence-corrected chi connectivity index (χ1v) is 8.61. The maximum atomic E-state index is 6.47. The predicted octanol–water partition coefficient (Wildman–Crippen LogP) is 3.50. The maximum Gasteiger partial charge on any atom is 0.0502 e. The summed E-state index contributed by atoms with van der Waals surface area (Å²) < 4.78 is 1.11. The minimum Gasteiger partial charge on any atom is -0.326 e. The molecular weight excluding hydrogens is 326 g/mol. The van der Waals surface area contributed by atoms with Gasteiger partial charge in [0, 0.05) is 23.1 Å². The van der Waals surface area contributed by atoms with Gasteiger partial charge in [-0.1, -0.05) is 41.9 Å². The molecule has 0 aliphatic carbocycles. The molecule has 0 aliphatic rings. The molecular formula is C17H30BrN3. The van der Waals surface area contributed by atoms with Gasteiger partial charge in [0.15, 0.2) is 0 Å². The number of hydrogen-bond donors (Lipinski definition) is 1. The molecule has 0 aliphatic heterocycles. The van der Waals surface area contributed by atoms with Gasteiger partial charge in [0.1, 0.15) is 0 Å². The Balaban J connectivity index is 3.06. The fourth-order valence-electron chi connectivity index (χ4n) is 2.98. The van der Waals surface area contributed by atoms with E-state index in [1.807, 2.05) is 0 Å². The van der Waals surface area contributed by atoms with Crippen LogP contribution in [0.2, 0.25) is 0 Å². The van der Waals surface area contributed by atoms with Gasteiger partial charge in [0.2, 0.25) is 0 Å². The van der Waals surface area contributed by atoms with E-state index in [1.54, 1.807) is 0 Å². The minimum atomic E-state index is 0.149. The van der Waals surface area contributed by atoms with E-state index >= 15 is 0 Å². The molecule has 0 heterocycles. The smallest absolute Gasteiger partial charge is 0.0502 e. The summed E-state index contributed by atoms with van der Waals surface area (Å²) in [6, 6.07) is 9.48. The molecule has 21 heavy (non-hydrogen) atoms. The summed E-state index contributed by atoms with van der Waals surface area (Å²) in [5.41, 5.74) is 7.77. The average Bonchev–Trinajstić information content (AvgIpc) is 2.44. The number of rotatable bonds is 8. The van der Waals surface area contributed by atoms with Gasteiger partial charge in [-0.25, -0.2) is 0 Å². The zero-order chi connectivity index (χ0) is 16.0. The third-order valence-electron chi connectivity index (χ3n) is 4.01. The third-order valence-corrected chi connectivity index (χ3v) is 4.54. The highest BCUT2D eigenvalue weighted by molar-refractivity contribution is 9.10. The van der Waals surface area contributed by atoms with Crippen LogP contribution in [0.5, 0.6) is 0 Å². The van der Waals surface area contributed by atoms with Gasteiger partial charge < -0.3 is 10.6 Å². The molecule has 4 heteroatoms. The lowest BCUT2D eigenvalue weighted by Gasteiger charge is -2.40. The van der Waals surface area contributed by atoms with Crippen LogP contribution >= 0.6 is 15.9 Å². The molecule has 0 aromatic heterocycles. The normalized spacial score (nSPS) is 16.2. The van der Waals surface area contributed by atoms with Crippen LogP contribution in [-0.2, 0) is 0 Å². The Morgan fingerprint density at radius 1 is 1.14 bits per heavy atom. The number of hydrogen-bond acceptors (Lipinski definition) is 3. The quantitative estimate of drug-likeness (QED) is 0.774. The van der Waals surface area contributed by atoms with E-state index in [-0.39, 0.29) is 12.1 Å². The molecule has 0 saturated heterocycles. The van der Waals surface area contributed by atoms with Crippen molar-refractivity contribution >= 4 is 15.9 Å². The Morgan fingerprint density at radius 3 is 2.14 bits per heavy atom. The van der Waals surface area contributed by atoms with Crippen LogP contribution in [0.4, 0.5) is 0 Å². The summed E-state index contributed by atoms with van der Waals surface area (Å²) in [7, 11) is 4.25. The zero-order valence-corrected chi connectivity index (χ0v) is 15.6. The predicted molar refractivity (Wildman–Crippen MR) is 95.5 cm³/mol. The van der Waals surface area contributed by atoms with Crippen molar-refractivity contribution < 1.29 is 0 Å². The molecule has 3 atom stereocenters. The SMILES string of the molecule is CCC(N)C(c1ccc(Br)cc1)N(CC)C(C)CN(C)C. The van der Waals surface area contributed by atoms with Crippen LogP contribution in [0, 0.1) is 0 Å². The highest BCUT2D eigenvalue weighted by Gasteiger charge is 2.28. The van der Waals surface area contributed by atoms with Crippen molar-refractivity contribution in [2.75, 3.05) is 27.2 Å².